The minimum absolute atomic E-state index is 0.0214. The van der Waals surface area contributed by atoms with Crippen LogP contribution in [-0.4, -0.2) is 55.1 Å². The molecule has 1 saturated heterocycles. The summed E-state index contributed by atoms with van der Waals surface area (Å²) < 4.78 is 53.9. The highest BCUT2D eigenvalue weighted by Gasteiger charge is 2.58. The zero-order chi connectivity index (χ0) is 28.5. The molecule has 3 aliphatic rings. The average molecular weight is 571 g/mol. The highest BCUT2D eigenvalue weighted by Crippen LogP contribution is 2.63. The molecule has 2 aromatic rings. The Morgan fingerprint density at radius 1 is 1.15 bits per heavy atom. The Balaban J connectivity index is 1.30. The van der Waals surface area contributed by atoms with E-state index in [0.717, 1.165) is 37.8 Å². The molecule has 214 valence electrons. The number of nitriles is 1. The van der Waals surface area contributed by atoms with Crippen molar-refractivity contribution >= 4 is 21.7 Å². The van der Waals surface area contributed by atoms with Crippen LogP contribution in [-0.2, 0) is 15.4 Å². The highest BCUT2D eigenvalue weighted by molar-refractivity contribution is 7.89. The SMILES string of the molecule is CCCS(=O)(=O)N1CCC(CN(C(=O)Nc2ccc(F)c(F)c2)[C@@H]2CC[C@]3(c4cccc(C#N)c4)CC3C2)CC1. The molecule has 10 heteroatoms. The van der Waals surface area contributed by atoms with Gasteiger partial charge < -0.3 is 10.2 Å². The van der Waals surface area contributed by atoms with E-state index in [9.17, 15) is 27.3 Å². The van der Waals surface area contributed by atoms with Crippen molar-refractivity contribution in [1.82, 2.24) is 9.21 Å². The fourth-order valence-electron chi connectivity index (χ4n) is 6.75. The molecular formula is C30H36F2N4O3S. The van der Waals surface area contributed by atoms with E-state index in [1.165, 1.54) is 11.6 Å². The van der Waals surface area contributed by atoms with E-state index in [1.807, 2.05) is 30.0 Å². The Kier molecular flexibility index (Phi) is 8.16. The van der Waals surface area contributed by atoms with Crippen LogP contribution in [0.2, 0.25) is 0 Å². The third kappa shape index (κ3) is 5.86. The van der Waals surface area contributed by atoms with Crippen LogP contribution in [0.1, 0.15) is 63.0 Å². The van der Waals surface area contributed by atoms with Crippen LogP contribution in [0, 0.1) is 34.8 Å². The molecule has 2 amide bonds. The van der Waals surface area contributed by atoms with Gasteiger partial charge >= 0.3 is 6.03 Å². The van der Waals surface area contributed by atoms with Crippen molar-refractivity contribution < 1.29 is 22.0 Å². The first-order chi connectivity index (χ1) is 19.1. The van der Waals surface area contributed by atoms with Gasteiger partial charge in [-0.3, -0.25) is 0 Å². The second-order valence-corrected chi connectivity index (χ2v) is 13.6. The van der Waals surface area contributed by atoms with Crippen molar-refractivity contribution in [2.75, 3.05) is 30.7 Å². The number of sulfonamides is 1. The molecule has 3 atom stereocenters. The summed E-state index contributed by atoms with van der Waals surface area (Å²) in [6, 6.07) is 13.0. The fourth-order valence-corrected chi connectivity index (χ4v) is 8.29. The molecule has 40 heavy (non-hydrogen) atoms. The third-order valence-electron chi connectivity index (χ3n) is 9.04. The minimum Gasteiger partial charge on any atom is -0.321 e. The maximum atomic E-state index is 13.8. The van der Waals surface area contributed by atoms with Crippen molar-refractivity contribution in [1.29, 1.82) is 5.26 Å². The van der Waals surface area contributed by atoms with Gasteiger partial charge in [-0.1, -0.05) is 19.1 Å². The summed E-state index contributed by atoms with van der Waals surface area (Å²) in [6.45, 7) is 3.22. The molecule has 0 bridgehead atoms. The molecule has 0 aromatic heterocycles. The predicted octanol–water partition coefficient (Wildman–Crippen LogP) is 5.63. The van der Waals surface area contributed by atoms with Gasteiger partial charge in [0, 0.05) is 37.4 Å². The average Bonchev–Trinajstić information content (AvgIpc) is 3.69. The zero-order valence-electron chi connectivity index (χ0n) is 22.8. The highest BCUT2D eigenvalue weighted by atomic mass is 32.2. The summed E-state index contributed by atoms with van der Waals surface area (Å²) >= 11 is 0. The first-order valence-electron chi connectivity index (χ1n) is 14.2. The molecule has 2 aliphatic carbocycles. The van der Waals surface area contributed by atoms with Crippen LogP contribution in [0.3, 0.4) is 0 Å². The van der Waals surface area contributed by atoms with Gasteiger partial charge in [0.05, 0.1) is 17.4 Å². The quantitative estimate of drug-likeness (QED) is 0.445. The number of nitrogens with zero attached hydrogens (tertiary/aromatic N) is 3. The second kappa shape index (κ2) is 11.5. The first-order valence-corrected chi connectivity index (χ1v) is 15.8. The van der Waals surface area contributed by atoms with Gasteiger partial charge in [0.2, 0.25) is 10.0 Å². The summed E-state index contributed by atoms with van der Waals surface area (Å²) in [5.74, 6) is -1.31. The molecule has 2 saturated carbocycles. The smallest absolute Gasteiger partial charge is 0.321 e. The van der Waals surface area contributed by atoms with Gasteiger partial charge in [0.1, 0.15) is 0 Å². The van der Waals surface area contributed by atoms with Crippen LogP contribution >= 0.6 is 0 Å². The molecule has 7 nitrogen and oxygen atoms in total. The van der Waals surface area contributed by atoms with Crippen LogP contribution in [0.15, 0.2) is 42.5 Å². The van der Waals surface area contributed by atoms with Crippen LogP contribution < -0.4 is 5.32 Å². The van der Waals surface area contributed by atoms with E-state index in [1.54, 1.807) is 4.31 Å². The lowest BCUT2D eigenvalue weighted by molar-refractivity contribution is 0.132. The summed E-state index contributed by atoms with van der Waals surface area (Å²) in [7, 11) is -3.26. The largest absolute Gasteiger partial charge is 0.322 e. The number of rotatable bonds is 8. The topological polar surface area (TPSA) is 93.5 Å². The van der Waals surface area contributed by atoms with E-state index >= 15 is 0 Å². The van der Waals surface area contributed by atoms with Crippen molar-refractivity contribution in [3.8, 4) is 6.07 Å². The molecule has 0 radical (unpaired) electrons. The Hall–Kier alpha value is -3.03. The summed E-state index contributed by atoms with van der Waals surface area (Å²) in [5, 5.41) is 12.1. The predicted molar refractivity (Wildman–Crippen MR) is 149 cm³/mol. The number of hydrogen-bond donors (Lipinski definition) is 1. The van der Waals surface area contributed by atoms with Crippen molar-refractivity contribution in [3.05, 3.63) is 65.2 Å². The standard InChI is InChI=1S/C30H36F2N4O3S/c1-2-14-40(38,39)35-12-9-21(10-13-35)20-36(29(37)34-25-6-7-27(31)28(32)17-25)26-8-11-30(18-24(30)16-26)23-5-3-4-22(15-23)19-33/h3-7,15,17,21,24,26H,2,8-14,16,18,20H2,1H3,(H,34,37)/t24?,26-,30-/m1/s1. The molecule has 1 aliphatic heterocycles. The van der Waals surface area contributed by atoms with Gasteiger partial charge in [0.25, 0.3) is 0 Å². The molecule has 1 unspecified atom stereocenters. The molecule has 1 heterocycles. The van der Waals surface area contributed by atoms with Gasteiger partial charge in [-0.25, -0.2) is 26.3 Å². The Morgan fingerprint density at radius 3 is 2.60 bits per heavy atom. The number of amides is 2. The van der Waals surface area contributed by atoms with Gasteiger partial charge in [-0.15, -0.1) is 0 Å². The first kappa shape index (κ1) is 28.5. The normalized spacial score (nSPS) is 25.1. The van der Waals surface area contributed by atoms with Gasteiger partial charge in [0.15, 0.2) is 11.6 Å². The number of benzene rings is 2. The minimum atomic E-state index is -3.26. The number of carbonyl (C=O) groups excluding carboxylic acids is 1. The molecule has 2 aromatic carbocycles. The molecule has 0 spiro atoms. The van der Waals surface area contributed by atoms with E-state index in [4.69, 9.17) is 0 Å². The lowest BCUT2D eigenvalue weighted by Gasteiger charge is -2.40. The van der Waals surface area contributed by atoms with E-state index in [-0.39, 0.29) is 34.8 Å². The van der Waals surface area contributed by atoms with E-state index < -0.39 is 21.7 Å². The van der Waals surface area contributed by atoms with Crippen LogP contribution in [0.4, 0.5) is 19.3 Å². The van der Waals surface area contributed by atoms with E-state index in [0.29, 0.717) is 50.4 Å². The number of hydrogen-bond acceptors (Lipinski definition) is 4. The maximum Gasteiger partial charge on any atom is 0.322 e. The van der Waals surface area contributed by atoms with Crippen molar-refractivity contribution in [3.63, 3.8) is 0 Å². The molecular weight excluding hydrogens is 534 g/mol. The van der Waals surface area contributed by atoms with Gasteiger partial charge in [-0.2, -0.15) is 5.26 Å². The number of halogens is 2. The number of nitrogens with one attached hydrogen (secondary N) is 1. The third-order valence-corrected chi connectivity index (χ3v) is 11.1. The van der Waals surface area contributed by atoms with Gasteiger partial charge in [-0.05, 0) is 92.0 Å². The second-order valence-electron chi connectivity index (χ2n) is 11.5. The zero-order valence-corrected chi connectivity index (χ0v) is 23.6. The summed E-state index contributed by atoms with van der Waals surface area (Å²) in [5.41, 5.74) is 2.08. The summed E-state index contributed by atoms with van der Waals surface area (Å²) in [4.78, 5) is 15.4. The maximum absolute atomic E-state index is 13.8. The van der Waals surface area contributed by atoms with Crippen LogP contribution in [0.5, 0.6) is 0 Å². The Labute approximate surface area is 235 Å². The monoisotopic (exact) mass is 570 g/mol. The number of carbonyl (C=O) groups is 1. The molecule has 3 fully saturated rings. The molecule has 5 rings (SSSR count). The van der Waals surface area contributed by atoms with Crippen LogP contribution in [0.25, 0.3) is 0 Å². The lowest BCUT2D eigenvalue weighted by atomic mass is 9.79. The number of urea groups is 1. The Morgan fingerprint density at radius 2 is 1.93 bits per heavy atom. The fraction of sp³-hybridized carbons (Fsp3) is 0.533. The number of piperidine rings is 1. The lowest BCUT2D eigenvalue weighted by Crippen LogP contribution is -2.49. The molecule has 1 N–H and O–H groups in total. The van der Waals surface area contributed by atoms with Crippen molar-refractivity contribution in [2.24, 2.45) is 11.8 Å². The Bertz CT molecular complexity index is 1400. The van der Waals surface area contributed by atoms with E-state index in [2.05, 4.69) is 17.5 Å². The summed E-state index contributed by atoms with van der Waals surface area (Å²) in [6.07, 6.45) is 5.45. The number of anilines is 1. The number of fused-ring (bicyclic) bond motifs is 1. The van der Waals surface area contributed by atoms with Crippen molar-refractivity contribution in [2.45, 2.75) is 63.3 Å².